The molecule has 8 nitrogen and oxygen atoms in total. The molecule has 33 heavy (non-hydrogen) atoms. The van der Waals surface area contributed by atoms with Gasteiger partial charge in [-0.25, -0.2) is 17.1 Å². The highest BCUT2D eigenvalue weighted by atomic mass is 32.2. The highest BCUT2D eigenvalue weighted by Gasteiger charge is 2.41. The van der Waals surface area contributed by atoms with Crippen LogP contribution in [0.2, 0.25) is 0 Å². The van der Waals surface area contributed by atoms with E-state index in [-0.39, 0.29) is 41.6 Å². The summed E-state index contributed by atoms with van der Waals surface area (Å²) in [5.74, 6) is -2.24. The molecule has 0 bridgehead atoms. The summed E-state index contributed by atoms with van der Waals surface area (Å²) < 4.78 is 40.4. The predicted octanol–water partition coefficient (Wildman–Crippen LogP) is 2.30. The number of halogens is 1. The van der Waals surface area contributed by atoms with Crippen molar-refractivity contribution in [2.45, 2.75) is 50.7 Å². The topological polar surface area (TPSA) is 104 Å². The monoisotopic (exact) mass is 475 g/mol. The first-order valence-electron chi connectivity index (χ1n) is 10.5. The van der Waals surface area contributed by atoms with Gasteiger partial charge in [-0.3, -0.25) is 14.4 Å². The molecule has 0 unspecified atom stereocenters. The van der Waals surface area contributed by atoms with Gasteiger partial charge in [-0.05, 0) is 39.0 Å². The van der Waals surface area contributed by atoms with Gasteiger partial charge in [0.05, 0.1) is 5.56 Å². The average molecular weight is 476 g/mol. The lowest BCUT2D eigenvalue weighted by molar-refractivity contribution is -0.140. The van der Waals surface area contributed by atoms with Crippen molar-refractivity contribution in [1.82, 2.24) is 14.5 Å². The Balaban J connectivity index is 1.81. The summed E-state index contributed by atoms with van der Waals surface area (Å²) in [5, 5.41) is 2.72. The van der Waals surface area contributed by atoms with E-state index in [0.717, 1.165) is 0 Å². The first-order chi connectivity index (χ1) is 15.5. The van der Waals surface area contributed by atoms with Crippen LogP contribution in [-0.4, -0.2) is 54.0 Å². The number of amides is 3. The number of rotatable bonds is 8. The zero-order valence-electron chi connectivity index (χ0n) is 18.6. The van der Waals surface area contributed by atoms with Crippen LogP contribution < -0.4 is 5.32 Å². The molecule has 0 saturated heterocycles. The van der Waals surface area contributed by atoms with E-state index >= 15 is 0 Å². The average Bonchev–Trinajstić information content (AvgIpc) is 2.96. The Morgan fingerprint density at radius 1 is 1.06 bits per heavy atom. The third kappa shape index (κ3) is 5.05. The van der Waals surface area contributed by atoms with Crippen LogP contribution in [-0.2, 0) is 26.2 Å². The van der Waals surface area contributed by atoms with Crippen LogP contribution in [0.5, 0.6) is 0 Å². The molecule has 0 radical (unpaired) electrons. The van der Waals surface area contributed by atoms with Gasteiger partial charge in [-0.1, -0.05) is 30.3 Å². The second-order valence-corrected chi connectivity index (χ2v) is 9.91. The number of carbonyl (C=O) groups is 3. The van der Waals surface area contributed by atoms with E-state index in [1.807, 2.05) is 0 Å². The Morgan fingerprint density at radius 2 is 1.70 bits per heavy atom. The van der Waals surface area contributed by atoms with Crippen molar-refractivity contribution in [2.75, 3.05) is 6.54 Å². The molecule has 3 rings (SSSR count). The molecule has 0 fully saturated rings. The Morgan fingerprint density at radius 3 is 2.33 bits per heavy atom. The Bertz CT molecular complexity index is 1180. The van der Waals surface area contributed by atoms with Crippen molar-refractivity contribution >= 4 is 27.7 Å². The summed E-state index contributed by atoms with van der Waals surface area (Å²) in [7, 11) is -4.06. The summed E-state index contributed by atoms with van der Waals surface area (Å²) in [6.45, 7) is 4.49. The van der Waals surface area contributed by atoms with Gasteiger partial charge >= 0.3 is 0 Å². The molecule has 1 N–H and O–H groups in total. The zero-order valence-corrected chi connectivity index (χ0v) is 19.4. The van der Waals surface area contributed by atoms with Crippen LogP contribution >= 0.6 is 0 Å². The van der Waals surface area contributed by atoms with Crippen molar-refractivity contribution in [3.05, 3.63) is 65.5 Å². The predicted molar refractivity (Wildman–Crippen MR) is 119 cm³/mol. The second-order valence-electron chi connectivity index (χ2n) is 8.08. The largest absolute Gasteiger partial charge is 0.352 e. The van der Waals surface area contributed by atoms with E-state index in [0.29, 0.717) is 4.31 Å². The Labute approximate surface area is 192 Å². The van der Waals surface area contributed by atoms with Gasteiger partial charge in [-0.2, -0.15) is 0 Å². The van der Waals surface area contributed by atoms with Gasteiger partial charge in [0.1, 0.15) is 16.8 Å². The lowest BCUT2D eigenvalue weighted by Gasteiger charge is -2.30. The van der Waals surface area contributed by atoms with Gasteiger partial charge in [-0.15, -0.1) is 0 Å². The van der Waals surface area contributed by atoms with E-state index in [1.165, 1.54) is 48.2 Å². The molecular formula is C23H26FN3O5S. The first-order valence-corrected chi connectivity index (χ1v) is 12.0. The third-order valence-corrected chi connectivity index (χ3v) is 7.18. The van der Waals surface area contributed by atoms with Crippen LogP contribution in [0, 0.1) is 5.82 Å². The number of sulfonamides is 1. The minimum absolute atomic E-state index is 0.0536. The molecule has 176 valence electrons. The number of nitrogens with zero attached hydrogens (tertiary/aromatic N) is 2. The number of carbonyl (C=O) groups excluding carboxylic acids is 3. The molecule has 0 aliphatic carbocycles. The van der Waals surface area contributed by atoms with Crippen molar-refractivity contribution in [1.29, 1.82) is 0 Å². The van der Waals surface area contributed by atoms with E-state index in [1.54, 1.807) is 26.0 Å². The normalized spacial score (nSPS) is 15.3. The van der Waals surface area contributed by atoms with Gasteiger partial charge in [0.15, 0.2) is 0 Å². The van der Waals surface area contributed by atoms with Crippen LogP contribution in [0.15, 0.2) is 53.4 Å². The molecule has 3 amide bonds. The molecule has 2 aromatic rings. The smallest absolute Gasteiger partial charge is 0.269 e. The quantitative estimate of drug-likeness (QED) is 0.631. The summed E-state index contributed by atoms with van der Waals surface area (Å²) in [6, 6.07) is 10.6. The summed E-state index contributed by atoms with van der Waals surface area (Å²) in [5.41, 5.74) is 0.269. The Hall–Kier alpha value is -3.27. The number of nitrogens with one attached hydrogen (secondary N) is 1. The Kier molecular flexibility index (Phi) is 7.16. The minimum Gasteiger partial charge on any atom is -0.352 e. The number of fused-ring (bicyclic) bond motifs is 1. The van der Waals surface area contributed by atoms with Crippen molar-refractivity contribution in [2.24, 2.45) is 0 Å². The highest BCUT2D eigenvalue weighted by Crippen LogP contribution is 2.30. The van der Waals surface area contributed by atoms with Crippen molar-refractivity contribution < 1.29 is 27.2 Å². The second kappa shape index (κ2) is 9.70. The maximum atomic E-state index is 14.3. The minimum atomic E-state index is -4.06. The maximum absolute atomic E-state index is 14.3. The van der Waals surface area contributed by atoms with Crippen LogP contribution in [0.25, 0.3) is 0 Å². The summed E-state index contributed by atoms with van der Waals surface area (Å²) in [6.07, 6.45) is -0.354. The number of hydrogen-bond acceptors (Lipinski definition) is 5. The van der Waals surface area contributed by atoms with E-state index in [4.69, 9.17) is 0 Å². The maximum Gasteiger partial charge on any atom is 0.269 e. The van der Waals surface area contributed by atoms with Gasteiger partial charge < -0.3 is 10.2 Å². The molecule has 1 heterocycles. The summed E-state index contributed by atoms with van der Waals surface area (Å²) in [4.78, 5) is 39.4. The molecule has 2 aromatic carbocycles. The van der Waals surface area contributed by atoms with Crippen LogP contribution in [0.3, 0.4) is 0 Å². The van der Waals surface area contributed by atoms with Crippen LogP contribution in [0.1, 0.15) is 43.1 Å². The molecule has 1 aliphatic heterocycles. The fraction of sp³-hybridized carbons (Fsp3) is 0.348. The molecule has 1 aliphatic rings. The highest BCUT2D eigenvalue weighted by molar-refractivity contribution is 7.90. The zero-order chi connectivity index (χ0) is 24.3. The molecule has 10 heteroatoms. The first kappa shape index (κ1) is 24.4. The molecule has 0 saturated carbocycles. The van der Waals surface area contributed by atoms with E-state index in [9.17, 15) is 27.2 Å². The van der Waals surface area contributed by atoms with Gasteiger partial charge in [0.25, 0.3) is 15.9 Å². The third-order valence-electron chi connectivity index (χ3n) is 5.34. The molecule has 0 aromatic heterocycles. The van der Waals surface area contributed by atoms with Crippen molar-refractivity contribution in [3.63, 3.8) is 0 Å². The van der Waals surface area contributed by atoms with Gasteiger partial charge in [0.2, 0.25) is 11.8 Å². The van der Waals surface area contributed by atoms with E-state index in [2.05, 4.69) is 5.32 Å². The fourth-order valence-electron chi connectivity index (χ4n) is 3.59. The SMILES string of the molecule is CC(C)NC(=O)[C@H](C)N(Cc1ccccc1F)C(=O)CCN1C(=O)c2ccccc2S1(=O)=O. The fourth-order valence-corrected chi connectivity index (χ4v) is 5.16. The van der Waals surface area contributed by atoms with Crippen LogP contribution in [0.4, 0.5) is 4.39 Å². The summed E-state index contributed by atoms with van der Waals surface area (Å²) >= 11 is 0. The lowest BCUT2D eigenvalue weighted by Crippen LogP contribution is -2.49. The van der Waals surface area contributed by atoms with Gasteiger partial charge in [0, 0.05) is 31.1 Å². The molecule has 1 atom stereocenters. The molecule has 0 spiro atoms. The standard InChI is InChI=1S/C23H26FN3O5S/c1-15(2)25-22(29)16(3)26(14-17-8-4-6-10-19(17)24)21(28)12-13-27-23(30)18-9-5-7-11-20(18)33(27,31)32/h4-11,15-16H,12-14H2,1-3H3,(H,25,29)/t16-/m0/s1. The lowest BCUT2D eigenvalue weighted by atomic mass is 10.1. The number of hydrogen-bond donors (Lipinski definition) is 1. The van der Waals surface area contributed by atoms with E-state index < -0.39 is 39.6 Å². The number of benzene rings is 2. The molecular weight excluding hydrogens is 449 g/mol. The van der Waals surface area contributed by atoms with Crippen molar-refractivity contribution in [3.8, 4) is 0 Å².